The van der Waals surface area contributed by atoms with Crippen LogP contribution in [0.2, 0.25) is 0 Å². The molecule has 26 heavy (non-hydrogen) atoms. The van der Waals surface area contributed by atoms with E-state index in [-0.39, 0.29) is 17.3 Å². The van der Waals surface area contributed by atoms with Crippen LogP contribution in [0.15, 0.2) is 24.3 Å². The van der Waals surface area contributed by atoms with E-state index >= 15 is 0 Å². The molecule has 1 aromatic carbocycles. The van der Waals surface area contributed by atoms with Crippen LogP contribution in [0.1, 0.15) is 38.5 Å². The van der Waals surface area contributed by atoms with Gasteiger partial charge < -0.3 is 10.1 Å². The lowest BCUT2D eigenvalue weighted by Crippen LogP contribution is -2.50. The lowest BCUT2D eigenvalue weighted by molar-refractivity contribution is -0.383. The predicted octanol–water partition coefficient (Wildman–Crippen LogP) is 3.29. The molecule has 7 heteroatoms. The predicted molar refractivity (Wildman–Crippen MR) is 93.3 cm³/mol. The molecule has 1 N–H and O–H groups in total. The lowest BCUT2D eigenvalue weighted by Gasteiger charge is -2.55. The Labute approximate surface area is 151 Å². The number of nitrogens with zero attached hydrogens (tertiary/aromatic N) is 1. The molecular formula is C19H22N2O5. The summed E-state index contributed by atoms with van der Waals surface area (Å²) < 4.78 is 5.34. The number of nitro groups is 1. The lowest BCUT2D eigenvalue weighted by atomic mass is 9.49. The fourth-order valence-corrected chi connectivity index (χ4v) is 5.57. The fraction of sp³-hybridized carbons (Fsp3) is 0.579. The van der Waals surface area contributed by atoms with Crippen LogP contribution in [0, 0.1) is 33.3 Å². The van der Waals surface area contributed by atoms with Gasteiger partial charge in [0.15, 0.2) is 6.61 Å². The number of carbonyl (C=O) groups is 2. The van der Waals surface area contributed by atoms with Gasteiger partial charge in [0, 0.05) is 6.07 Å². The Balaban J connectivity index is 1.36. The second kappa shape index (κ2) is 6.37. The topological polar surface area (TPSA) is 98.5 Å². The highest BCUT2D eigenvalue weighted by Crippen LogP contribution is 2.60. The summed E-state index contributed by atoms with van der Waals surface area (Å²) in [5, 5.41) is 13.5. The van der Waals surface area contributed by atoms with Gasteiger partial charge in [-0.05, 0) is 62.3 Å². The molecule has 0 radical (unpaired) electrons. The van der Waals surface area contributed by atoms with E-state index in [1.54, 1.807) is 6.07 Å². The minimum Gasteiger partial charge on any atom is -0.455 e. The van der Waals surface area contributed by atoms with Crippen molar-refractivity contribution in [2.45, 2.75) is 38.5 Å². The highest BCUT2D eigenvalue weighted by Gasteiger charge is 2.55. The van der Waals surface area contributed by atoms with Crippen molar-refractivity contribution < 1.29 is 19.2 Å². The molecular weight excluding hydrogens is 336 g/mol. The summed E-state index contributed by atoms with van der Waals surface area (Å²) in [7, 11) is 0. The van der Waals surface area contributed by atoms with E-state index in [0.717, 1.165) is 19.3 Å². The van der Waals surface area contributed by atoms with Crippen LogP contribution in [0.25, 0.3) is 0 Å². The number of carbonyl (C=O) groups excluding carboxylic acids is 2. The van der Waals surface area contributed by atoms with Gasteiger partial charge in [-0.3, -0.25) is 19.7 Å². The molecule has 0 unspecified atom stereocenters. The molecule has 4 fully saturated rings. The van der Waals surface area contributed by atoms with Gasteiger partial charge in [-0.15, -0.1) is 0 Å². The average molecular weight is 358 g/mol. The molecule has 138 valence electrons. The first kappa shape index (κ1) is 17.0. The Hall–Kier alpha value is -2.44. The molecule has 4 aliphatic carbocycles. The molecule has 7 nitrogen and oxygen atoms in total. The van der Waals surface area contributed by atoms with Gasteiger partial charge >= 0.3 is 5.97 Å². The van der Waals surface area contributed by atoms with Crippen LogP contribution >= 0.6 is 0 Å². The molecule has 5 rings (SSSR count). The van der Waals surface area contributed by atoms with E-state index in [0.29, 0.717) is 17.8 Å². The van der Waals surface area contributed by atoms with E-state index < -0.39 is 22.9 Å². The quantitative estimate of drug-likeness (QED) is 0.495. The summed E-state index contributed by atoms with van der Waals surface area (Å²) >= 11 is 0. The van der Waals surface area contributed by atoms with Crippen molar-refractivity contribution in [3.63, 3.8) is 0 Å². The van der Waals surface area contributed by atoms with Crippen molar-refractivity contribution in [3.8, 4) is 0 Å². The molecule has 0 spiro atoms. The van der Waals surface area contributed by atoms with Crippen molar-refractivity contribution in [3.05, 3.63) is 34.4 Å². The van der Waals surface area contributed by atoms with Gasteiger partial charge in [0.05, 0.1) is 10.3 Å². The largest absolute Gasteiger partial charge is 0.455 e. The highest BCUT2D eigenvalue weighted by molar-refractivity contribution is 5.95. The summed E-state index contributed by atoms with van der Waals surface area (Å²) in [5.74, 6) is 1.03. The number of esters is 1. The SMILES string of the molecule is O=C(COC(=O)C12CC3CC(CC(C3)C1)C2)Nc1ccccc1[N+](=O)[O-]. The van der Waals surface area contributed by atoms with Crippen LogP contribution in [0.4, 0.5) is 11.4 Å². The summed E-state index contributed by atoms with van der Waals surface area (Å²) in [6.07, 6.45) is 6.32. The first-order chi connectivity index (χ1) is 12.4. The zero-order valence-electron chi connectivity index (χ0n) is 14.5. The minimum absolute atomic E-state index is 0.105. The molecule has 4 saturated carbocycles. The standard InChI is InChI=1S/C19H22N2O5/c22-17(20-15-3-1-2-4-16(15)21(24)25)11-26-18(23)19-8-12-5-13(9-19)7-14(6-12)10-19/h1-4,12-14H,5-11H2,(H,20,22). The summed E-state index contributed by atoms with van der Waals surface area (Å²) in [6, 6.07) is 5.90. The Morgan fingerprint density at radius 1 is 1.12 bits per heavy atom. The molecule has 4 bridgehead atoms. The van der Waals surface area contributed by atoms with Crippen LogP contribution in [-0.4, -0.2) is 23.4 Å². The van der Waals surface area contributed by atoms with Gasteiger partial charge in [0.1, 0.15) is 5.69 Å². The maximum absolute atomic E-state index is 12.7. The van der Waals surface area contributed by atoms with Gasteiger partial charge in [0.25, 0.3) is 11.6 Å². The van der Waals surface area contributed by atoms with E-state index in [9.17, 15) is 19.7 Å². The number of benzene rings is 1. The number of anilines is 1. The fourth-order valence-electron chi connectivity index (χ4n) is 5.57. The zero-order chi connectivity index (χ0) is 18.3. The van der Waals surface area contributed by atoms with Crippen molar-refractivity contribution in [2.75, 3.05) is 11.9 Å². The number of nitro benzene ring substituents is 1. The summed E-state index contributed by atoms with van der Waals surface area (Å²) in [5.41, 5.74) is -0.491. The third-order valence-electron chi connectivity index (χ3n) is 6.18. The maximum Gasteiger partial charge on any atom is 0.312 e. The molecule has 1 amide bonds. The Morgan fingerprint density at radius 3 is 2.27 bits per heavy atom. The van der Waals surface area contributed by atoms with E-state index in [2.05, 4.69) is 5.32 Å². The van der Waals surface area contributed by atoms with Crippen molar-refractivity contribution >= 4 is 23.3 Å². The number of nitrogens with one attached hydrogen (secondary N) is 1. The van der Waals surface area contributed by atoms with E-state index in [4.69, 9.17) is 4.74 Å². The first-order valence-corrected chi connectivity index (χ1v) is 9.16. The highest BCUT2D eigenvalue weighted by atomic mass is 16.6. The second-order valence-electron chi connectivity index (χ2n) is 8.10. The molecule has 4 aliphatic rings. The van der Waals surface area contributed by atoms with Crippen molar-refractivity contribution in [1.29, 1.82) is 0 Å². The van der Waals surface area contributed by atoms with Crippen molar-refractivity contribution in [1.82, 2.24) is 0 Å². The van der Waals surface area contributed by atoms with E-state index in [1.165, 1.54) is 37.5 Å². The first-order valence-electron chi connectivity index (χ1n) is 9.16. The number of amides is 1. The second-order valence-corrected chi connectivity index (χ2v) is 8.10. The average Bonchev–Trinajstić information content (AvgIpc) is 2.58. The third-order valence-corrected chi connectivity index (χ3v) is 6.18. The van der Waals surface area contributed by atoms with Gasteiger partial charge in [-0.1, -0.05) is 12.1 Å². The van der Waals surface area contributed by atoms with Crippen LogP contribution in [-0.2, 0) is 14.3 Å². The Bertz CT molecular complexity index is 725. The van der Waals surface area contributed by atoms with E-state index in [1.807, 2.05) is 0 Å². The maximum atomic E-state index is 12.7. The molecule has 0 heterocycles. The number of ether oxygens (including phenoxy) is 1. The number of para-hydroxylation sites is 2. The number of hydrogen-bond donors (Lipinski definition) is 1. The van der Waals surface area contributed by atoms with Gasteiger partial charge in [-0.25, -0.2) is 0 Å². The van der Waals surface area contributed by atoms with Crippen LogP contribution in [0.5, 0.6) is 0 Å². The molecule has 0 atom stereocenters. The zero-order valence-corrected chi connectivity index (χ0v) is 14.5. The monoisotopic (exact) mass is 358 g/mol. The number of hydrogen-bond acceptors (Lipinski definition) is 5. The minimum atomic E-state index is -0.558. The Morgan fingerprint density at radius 2 is 1.69 bits per heavy atom. The summed E-state index contributed by atoms with van der Waals surface area (Å²) in [4.78, 5) is 35.3. The molecule has 0 saturated heterocycles. The Kier molecular flexibility index (Phi) is 4.17. The van der Waals surface area contributed by atoms with Crippen molar-refractivity contribution in [2.24, 2.45) is 23.2 Å². The van der Waals surface area contributed by atoms with Gasteiger partial charge in [-0.2, -0.15) is 0 Å². The van der Waals surface area contributed by atoms with Crippen LogP contribution in [0.3, 0.4) is 0 Å². The third kappa shape index (κ3) is 3.06. The van der Waals surface area contributed by atoms with Gasteiger partial charge in [0.2, 0.25) is 0 Å². The molecule has 0 aromatic heterocycles. The molecule has 1 aromatic rings. The number of rotatable bonds is 5. The smallest absolute Gasteiger partial charge is 0.312 e. The molecule has 0 aliphatic heterocycles. The van der Waals surface area contributed by atoms with Crippen LogP contribution < -0.4 is 5.32 Å². The normalized spacial score (nSPS) is 31.5. The summed E-state index contributed by atoms with van der Waals surface area (Å²) in [6.45, 7) is -0.410.